The number of esters is 1. The predicted molar refractivity (Wildman–Crippen MR) is 128 cm³/mol. The van der Waals surface area contributed by atoms with Gasteiger partial charge in [-0.1, -0.05) is 47.5 Å². The minimum absolute atomic E-state index is 0.00874. The van der Waals surface area contributed by atoms with Crippen LogP contribution in [0.1, 0.15) is 37.0 Å². The summed E-state index contributed by atoms with van der Waals surface area (Å²) >= 11 is 12.2. The van der Waals surface area contributed by atoms with Crippen LogP contribution in [0.25, 0.3) is 34.1 Å². The van der Waals surface area contributed by atoms with Crippen molar-refractivity contribution in [3.8, 4) is 34.1 Å². The van der Waals surface area contributed by atoms with Gasteiger partial charge in [0.2, 0.25) is 5.89 Å². The van der Waals surface area contributed by atoms with Crippen molar-refractivity contribution in [3.05, 3.63) is 76.2 Å². The van der Waals surface area contributed by atoms with Gasteiger partial charge in [-0.05, 0) is 52.0 Å². The molecule has 0 bridgehead atoms. The molecule has 8 heteroatoms. The lowest BCUT2D eigenvalue weighted by Gasteiger charge is -2.20. The van der Waals surface area contributed by atoms with Crippen LogP contribution >= 0.6 is 23.2 Å². The molecule has 4 rings (SSSR count). The Balaban J connectivity index is 2.01. The Kier molecular flexibility index (Phi) is 6.23. The van der Waals surface area contributed by atoms with Crippen LogP contribution in [0.4, 0.5) is 0 Å². The number of ether oxygens (including phenoxy) is 1. The predicted octanol–water partition coefficient (Wildman–Crippen LogP) is 7.04. The van der Waals surface area contributed by atoms with Crippen molar-refractivity contribution < 1.29 is 13.9 Å². The van der Waals surface area contributed by atoms with Crippen LogP contribution < -0.4 is 0 Å². The number of hydrogen-bond acceptors (Lipinski definition) is 6. The topological polar surface area (TPSA) is 78.1 Å². The number of aromatic nitrogens is 3. The first kappa shape index (κ1) is 23.0. The number of carbonyl (C=O) groups excluding carboxylic acids is 1. The van der Waals surface area contributed by atoms with Crippen molar-refractivity contribution in [1.29, 1.82) is 0 Å². The van der Waals surface area contributed by atoms with Gasteiger partial charge in [0, 0.05) is 21.2 Å². The van der Waals surface area contributed by atoms with Gasteiger partial charge in [-0.2, -0.15) is 0 Å². The van der Waals surface area contributed by atoms with Crippen LogP contribution in [0.15, 0.2) is 59.2 Å². The van der Waals surface area contributed by atoms with E-state index in [0.717, 1.165) is 11.1 Å². The highest BCUT2D eigenvalue weighted by Gasteiger charge is 2.28. The number of benzene rings is 2. The number of hydrogen-bond donors (Lipinski definition) is 0. The molecule has 0 aliphatic heterocycles. The molecule has 0 atom stereocenters. The van der Waals surface area contributed by atoms with Gasteiger partial charge < -0.3 is 9.15 Å². The van der Waals surface area contributed by atoms with Crippen LogP contribution in [0.5, 0.6) is 0 Å². The van der Waals surface area contributed by atoms with E-state index in [9.17, 15) is 4.79 Å². The average Bonchev–Trinajstić information content (AvgIpc) is 3.19. The van der Waals surface area contributed by atoms with Crippen molar-refractivity contribution >= 4 is 29.2 Å². The Labute approximate surface area is 201 Å². The Morgan fingerprint density at radius 2 is 1.33 bits per heavy atom. The summed E-state index contributed by atoms with van der Waals surface area (Å²) in [7, 11) is 0. The van der Waals surface area contributed by atoms with Crippen LogP contribution in [0, 0.1) is 6.92 Å². The smallest absolute Gasteiger partial charge is 0.359 e. The van der Waals surface area contributed by atoms with E-state index in [2.05, 4.69) is 4.98 Å². The lowest BCUT2D eigenvalue weighted by molar-refractivity contribution is 0.00633. The van der Waals surface area contributed by atoms with Crippen molar-refractivity contribution in [2.75, 3.05) is 0 Å². The van der Waals surface area contributed by atoms with E-state index in [1.165, 1.54) is 6.26 Å². The molecule has 0 saturated heterocycles. The third-order valence-corrected chi connectivity index (χ3v) is 5.05. The summed E-state index contributed by atoms with van der Waals surface area (Å²) in [6.45, 7) is 7.15. The normalized spacial score (nSPS) is 11.5. The van der Waals surface area contributed by atoms with Crippen LogP contribution in [0.2, 0.25) is 10.0 Å². The zero-order valence-electron chi connectivity index (χ0n) is 18.5. The number of carbonyl (C=O) groups is 1. The maximum atomic E-state index is 13.2. The number of rotatable bonds is 4. The van der Waals surface area contributed by atoms with E-state index in [1.54, 1.807) is 52.0 Å². The van der Waals surface area contributed by atoms with Gasteiger partial charge in [-0.25, -0.2) is 19.7 Å². The fraction of sp³-hybridized carbons (Fsp3) is 0.200. The molecule has 0 aliphatic rings. The summed E-state index contributed by atoms with van der Waals surface area (Å²) in [5, 5.41) is 1.17. The Morgan fingerprint density at radius 3 is 1.79 bits per heavy atom. The summed E-state index contributed by atoms with van der Waals surface area (Å²) in [4.78, 5) is 27.1. The number of nitrogens with zero attached hydrogens (tertiary/aromatic N) is 3. The number of aryl methyl sites for hydroxylation is 1. The van der Waals surface area contributed by atoms with E-state index in [1.807, 2.05) is 24.3 Å². The molecule has 0 amide bonds. The quantitative estimate of drug-likeness (QED) is 0.291. The molecule has 0 spiro atoms. The fourth-order valence-corrected chi connectivity index (χ4v) is 3.39. The third-order valence-electron chi connectivity index (χ3n) is 4.54. The Morgan fingerprint density at radius 1 is 0.818 bits per heavy atom. The van der Waals surface area contributed by atoms with Crippen LogP contribution in [-0.4, -0.2) is 26.5 Å². The maximum absolute atomic E-state index is 13.2. The highest BCUT2D eigenvalue weighted by Crippen LogP contribution is 2.34. The Bertz CT molecular complexity index is 1310. The van der Waals surface area contributed by atoms with Crippen molar-refractivity contribution in [3.63, 3.8) is 0 Å². The highest BCUT2D eigenvalue weighted by molar-refractivity contribution is 6.31. The molecule has 0 N–H and O–H groups in total. The second-order valence-electron chi connectivity index (χ2n) is 8.43. The first-order valence-corrected chi connectivity index (χ1v) is 11.0. The molecule has 33 heavy (non-hydrogen) atoms. The molecular weight excluding hydrogens is 461 g/mol. The van der Waals surface area contributed by atoms with Gasteiger partial charge in [0.25, 0.3) is 0 Å². The molecule has 2 aromatic carbocycles. The van der Waals surface area contributed by atoms with E-state index in [0.29, 0.717) is 27.1 Å². The molecule has 0 aliphatic carbocycles. The summed E-state index contributed by atoms with van der Waals surface area (Å²) in [5.74, 6) is -0.447. The van der Waals surface area contributed by atoms with Gasteiger partial charge in [0.15, 0.2) is 11.4 Å². The lowest BCUT2D eigenvalue weighted by Crippen LogP contribution is -2.25. The molecule has 6 nitrogen and oxygen atoms in total. The van der Waals surface area contributed by atoms with Crippen molar-refractivity contribution in [2.24, 2.45) is 0 Å². The van der Waals surface area contributed by atoms with Gasteiger partial charge in [-0.3, -0.25) is 0 Å². The number of halogens is 2. The molecular formula is C25H21Cl2N3O3. The minimum Gasteiger partial charge on any atom is -0.455 e. The van der Waals surface area contributed by atoms with E-state index < -0.39 is 11.6 Å². The van der Waals surface area contributed by atoms with Crippen molar-refractivity contribution in [1.82, 2.24) is 15.0 Å². The standard InChI is InChI=1S/C25H21Cl2N3O3/c1-14-13-32-23(28-14)21-22(24(31)33-25(2,3)4)30-20(16-7-11-18(27)12-8-16)19(29-21)15-5-9-17(26)10-6-15/h5-13H,1-4H3. The van der Waals surface area contributed by atoms with E-state index in [-0.39, 0.29) is 17.3 Å². The zero-order chi connectivity index (χ0) is 23.8. The largest absolute Gasteiger partial charge is 0.455 e. The second kappa shape index (κ2) is 8.96. The Hall–Kier alpha value is -3.22. The average molecular weight is 482 g/mol. The van der Waals surface area contributed by atoms with Gasteiger partial charge in [0.1, 0.15) is 11.9 Å². The summed E-state index contributed by atoms with van der Waals surface area (Å²) in [6, 6.07) is 14.3. The molecule has 0 saturated carbocycles. The summed E-state index contributed by atoms with van der Waals surface area (Å²) in [5.41, 5.74) is 2.65. The SMILES string of the molecule is Cc1coc(-c2nc(-c3ccc(Cl)cc3)c(-c3ccc(Cl)cc3)nc2C(=O)OC(C)(C)C)n1. The fourth-order valence-electron chi connectivity index (χ4n) is 3.13. The van der Waals surface area contributed by atoms with E-state index in [4.69, 9.17) is 42.3 Å². The van der Waals surface area contributed by atoms with E-state index >= 15 is 0 Å². The first-order valence-electron chi connectivity index (χ1n) is 10.2. The molecule has 0 unspecified atom stereocenters. The zero-order valence-corrected chi connectivity index (χ0v) is 20.0. The lowest BCUT2D eigenvalue weighted by atomic mass is 10.0. The van der Waals surface area contributed by atoms with Gasteiger partial charge in [-0.15, -0.1) is 0 Å². The molecule has 2 heterocycles. The second-order valence-corrected chi connectivity index (χ2v) is 9.30. The van der Waals surface area contributed by atoms with Gasteiger partial charge in [0.05, 0.1) is 17.1 Å². The molecule has 168 valence electrons. The molecule has 2 aromatic heterocycles. The van der Waals surface area contributed by atoms with Crippen LogP contribution in [-0.2, 0) is 4.74 Å². The molecule has 0 radical (unpaired) electrons. The van der Waals surface area contributed by atoms with Crippen molar-refractivity contribution in [2.45, 2.75) is 33.3 Å². The maximum Gasteiger partial charge on any atom is 0.359 e. The summed E-state index contributed by atoms with van der Waals surface area (Å²) in [6.07, 6.45) is 1.49. The highest BCUT2D eigenvalue weighted by atomic mass is 35.5. The number of oxazole rings is 1. The minimum atomic E-state index is -0.724. The summed E-state index contributed by atoms with van der Waals surface area (Å²) < 4.78 is 11.2. The van der Waals surface area contributed by atoms with Crippen LogP contribution in [0.3, 0.4) is 0 Å². The molecule has 0 fully saturated rings. The van der Waals surface area contributed by atoms with Gasteiger partial charge >= 0.3 is 5.97 Å². The third kappa shape index (κ3) is 5.24. The monoisotopic (exact) mass is 481 g/mol. The molecule has 4 aromatic rings. The first-order chi connectivity index (χ1) is 15.6.